The summed E-state index contributed by atoms with van der Waals surface area (Å²) in [7, 11) is -0.0749. The molecule has 1 aromatic carbocycles. The van der Waals surface area contributed by atoms with Crippen LogP contribution in [0.15, 0.2) is 36.7 Å². The molecule has 4 aromatic rings. The molecule has 0 unspecified atom stereocenters. The fraction of sp³-hybridized carbons (Fsp3) is 0.385. The monoisotopic (exact) mass is 538 g/mol. The van der Waals surface area contributed by atoms with Crippen LogP contribution >= 0.6 is 0 Å². The molecule has 1 N–H and O–H groups in total. The standard InChI is InChI=1S/C26H31FN8O2S/c1-15(2)18-7-8-21(35-13-17(14-35)34(5)38(6,36)37)20-12-29-23(11-19(18)20)30-22-9-10-28-26(31-22)24-16(3)32-33(4)25(24)27/h7-12,15,17H,13-14H2,1-6H3,(H,28,29,30,31). The molecule has 1 fully saturated rings. The number of hydrogen-bond acceptors (Lipinski definition) is 8. The molecule has 4 heterocycles. The van der Waals surface area contributed by atoms with E-state index in [4.69, 9.17) is 0 Å². The zero-order valence-corrected chi connectivity index (χ0v) is 23.1. The number of fused-ring (bicyclic) bond motifs is 1. The lowest BCUT2D eigenvalue weighted by molar-refractivity contribution is 0.313. The summed E-state index contributed by atoms with van der Waals surface area (Å²) < 4.78 is 41.0. The largest absolute Gasteiger partial charge is 0.368 e. The van der Waals surface area contributed by atoms with Gasteiger partial charge in [-0.15, -0.1) is 0 Å². The predicted octanol–water partition coefficient (Wildman–Crippen LogP) is 3.82. The minimum absolute atomic E-state index is 0.0565. The van der Waals surface area contributed by atoms with Crippen LogP contribution in [0.25, 0.3) is 22.2 Å². The van der Waals surface area contributed by atoms with E-state index in [1.807, 2.05) is 12.3 Å². The molecule has 3 aromatic heterocycles. The van der Waals surface area contributed by atoms with Gasteiger partial charge in [0.05, 0.1) is 23.6 Å². The number of aromatic nitrogens is 5. The van der Waals surface area contributed by atoms with Gasteiger partial charge in [0.15, 0.2) is 5.82 Å². The van der Waals surface area contributed by atoms with E-state index in [1.54, 1.807) is 26.2 Å². The van der Waals surface area contributed by atoms with Crippen LogP contribution in [-0.4, -0.2) is 69.9 Å². The Hall–Kier alpha value is -3.64. The smallest absolute Gasteiger partial charge is 0.222 e. The van der Waals surface area contributed by atoms with Crippen molar-refractivity contribution in [2.45, 2.75) is 32.7 Å². The highest BCUT2D eigenvalue weighted by Crippen LogP contribution is 2.36. The SMILES string of the molecule is Cc1nn(C)c(F)c1-c1nccc(Nc2cc3c(C(C)C)ccc(N4CC(N(C)S(C)(=O)=O)C4)c3cn2)n1. The Labute approximate surface area is 221 Å². The summed E-state index contributed by atoms with van der Waals surface area (Å²) in [6.45, 7) is 7.24. The Morgan fingerprint density at radius 1 is 1.13 bits per heavy atom. The topological polar surface area (TPSA) is 109 Å². The Balaban J connectivity index is 1.46. The fourth-order valence-electron chi connectivity index (χ4n) is 4.81. The number of benzene rings is 1. The summed E-state index contributed by atoms with van der Waals surface area (Å²) in [5.74, 6) is 1.12. The number of anilines is 3. The highest BCUT2D eigenvalue weighted by molar-refractivity contribution is 7.88. The molecule has 10 nitrogen and oxygen atoms in total. The molecule has 0 radical (unpaired) electrons. The molecule has 1 saturated heterocycles. The van der Waals surface area contributed by atoms with Gasteiger partial charge in [-0.3, -0.25) is 0 Å². The van der Waals surface area contributed by atoms with Gasteiger partial charge in [0, 0.05) is 50.7 Å². The van der Waals surface area contributed by atoms with Crippen LogP contribution in [-0.2, 0) is 17.1 Å². The van der Waals surface area contributed by atoms with E-state index < -0.39 is 16.0 Å². The van der Waals surface area contributed by atoms with Gasteiger partial charge < -0.3 is 10.2 Å². The van der Waals surface area contributed by atoms with E-state index in [1.165, 1.54) is 27.9 Å². The molecule has 1 aliphatic rings. The second-order valence-electron chi connectivity index (χ2n) is 10.0. The number of rotatable bonds is 7. The highest BCUT2D eigenvalue weighted by Gasteiger charge is 2.35. The quantitative estimate of drug-likeness (QED) is 0.378. The molecule has 38 heavy (non-hydrogen) atoms. The molecule has 12 heteroatoms. The van der Waals surface area contributed by atoms with Crippen molar-refractivity contribution < 1.29 is 12.8 Å². The van der Waals surface area contributed by atoms with Gasteiger partial charge >= 0.3 is 0 Å². The molecular weight excluding hydrogens is 507 g/mol. The summed E-state index contributed by atoms with van der Waals surface area (Å²) in [6.07, 6.45) is 4.64. The van der Waals surface area contributed by atoms with E-state index in [0.717, 1.165) is 16.5 Å². The van der Waals surface area contributed by atoms with Gasteiger partial charge in [-0.05, 0) is 42.0 Å². The van der Waals surface area contributed by atoms with Crippen molar-refractivity contribution in [3.8, 4) is 11.4 Å². The average Bonchev–Trinajstić information content (AvgIpc) is 3.08. The number of halogens is 1. The first kappa shape index (κ1) is 26.0. The number of sulfonamides is 1. The molecular formula is C26H31FN8O2S. The van der Waals surface area contributed by atoms with E-state index >= 15 is 0 Å². The number of hydrogen-bond donors (Lipinski definition) is 1. The van der Waals surface area contributed by atoms with Crippen LogP contribution < -0.4 is 10.2 Å². The van der Waals surface area contributed by atoms with Crippen LogP contribution in [0.5, 0.6) is 0 Å². The third-order valence-corrected chi connectivity index (χ3v) is 8.41. The molecule has 0 bridgehead atoms. The summed E-state index contributed by atoms with van der Waals surface area (Å²) in [4.78, 5) is 15.6. The third-order valence-electron chi connectivity index (χ3n) is 7.06. The number of pyridine rings is 1. The van der Waals surface area contributed by atoms with E-state index in [2.05, 4.69) is 56.2 Å². The Kier molecular flexibility index (Phi) is 6.56. The normalized spacial score (nSPS) is 14.5. The summed E-state index contributed by atoms with van der Waals surface area (Å²) >= 11 is 0. The molecule has 5 rings (SSSR count). The summed E-state index contributed by atoms with van der Waals surface area (Å²) in [5, 5.41) is 9.40. The lowest BCUT2D eigenvalue weighted by Crippen LogP contribution is -2.59. The maximum absolute atomic E-state index is 14.6. The van der Waals surface area contributed by atoms with Crippen molar-refractivity contribution in [1.29, 1.82) is 0 Å². The van der Waals surface area contributed by atoms with Gasteiger partial charge in [0.1, 0.15) is 11.6 Å². The van der Waals surface area contributed by atoms with Crippen LogP contribution in [0.3, 0.4) is 0 Å². The average molecular weight is 539 g/mol. The molecule has 0 saturated carbocycles. The molecule has 0 spiro atoms. The lowest BCUT2D eigenvalue weighted by Gasteiger charge is -2.44. The second kappa shape index (κ2) is 9.59. The van der Waals surface area contributed by atoms with Gasteiger partial charge in [0.25, 0.3) is 0 Å². The second-order valence-corrected chi connectivity index (χ2v) is 12.1. The van der Waals surface area contributed by atoms with E-state index in [0.29, 0.717) is 30.4 Å². The van der Waals surface area contributed by atoms with Crippen LogP contribution in [0.2, 0.25) is 0 Å². The number of nitrogens with one attached hydrogen (secondary N) is 1. The molecule has 200 valence electrons. The zero-order chi connectivity index (χ0) is 27.4. The minimum atomic E-state index is -3.24. The molecule has 0 atom stereocenters. The maximum Gasteiger partial charge on any atom is 0.222 e. The van der Waals surface area contributed by atoms with Gasteiger partial charge in [-0.25, -0.2) is 28.1 Å². The Bertz CT molecular complexity index is 1630. The first-order chi connectivity index (χ1) is 17.9. The van der Waals surface area contributed by atoms with Crippen LogP contribution in [0, 0.1) is 12.9 Å². The minimum Gasteiger partial charge on any atom is -0.368 e. The molecule has 0 aliphatic carbocycles. The fourth-order valence-corrected chi connectivity index (χ4v) is 5.49. The maximum atomic E-state index is 14.6. The van der Waals surface area contributed by atoms with Crippen molar-refractivity contribution in [2.24, 2.45) is 7.05 Å². The first-order valence-electron chi connectivity index (χ1n) is 12.3. The van der Waals surface area contributed by atoms with E-state index in [9.17, 15) is 12.8 Å². The van der Waals surface area contributed by atoms with Crippen LogP contribution in [0.1, 0.15) is 31.0 Å². The van der Waals surface area contributed by atoms with Crippen molar-refractivity contribution in [3.05, 3.63) is 53.9 Å². The number of nitrogens with zero attached hydrogens (tertiary/aromatic N) is 7. The van der Waals surface area contributed by atoms with Crippen molar-refractivity contribution >= 4 is 38.1 Å². The Morgan fingerprint density at radius 2 is 1.87 bits per heavy atom. The highest BCUT2D eigenvalue weighted by atomic mass is 32.2. The third kappa shape index (κ3) is 4.69. The van der Waals surface area contributed by atoms with Crippen LogP contribution in [0.4, 0.5) is 21.7 Å². The molecule has 0 amide bonds. The number of likely N-dealkylation sites (N-methyl/N-ethyl adjacent to an activating group) is 1. The van der Waals surface area contributed by atoms with Gasteiger partial charge in [-0.1, -0.05) is 19.9 Å². The molecule has 1 aliphatic heterocycles. The zero-order valence-electron chi connectivity index (χ0n) is 22.3. The van der Waals surface area contributed by atoms with Crippen molar-refractivity contribution in [2.75, 3.05) is 36.6 Å². The number of aryl methyl sites for hydroxylation is 2. The summed E-state index contributed by atoms with van der Waals surface area (Å²) in [6, 6.07) is 7.85. The van der Waals surface area contributed by atoms with Gasteiger partial charge in [0.2, 0.25) is 16.0 Å². The predicted molar refractivity (Wildman–Crippen MR) is 147 cm³/mol. The van der Waals surface area contributed by atoms with Crippen molar-refractivity contribution in [3.63, 3.8) is 0 Å². The van der Waals surface area contributed by atoms with E-state index in [-0.39, 0.29) is 23.3 Å². The summed E-state index contributed by atoms with van der Waals surface area (Å²) in [5.41, 5.74) is 2.98. The van der Waals surface area contributed by atoms with Crippen molar-refractivity contribution in [1.82, 2.24) is 29.0 Å². The Morgan fingerprint density at radius 3 is 2.50 bits per heavy atom. The van der Waals surface area contributed by atoms with Gasteiger partial charge in [-0.2, -0.15) is 13.8 Å². The first-order valence-corrected chi connectivity index (χ1v) is 14.2. The lowest BCUT2D eigenvalue weighted by atomic mass is 9.94.